The average molecular weight is 286 g/mol. The first-order chi connectivity index (χ1) is 8.90. The van der Waals surface area contributed by atoms with Crippen molar-refractivity contribution < 1.29 is 14.3 Å². The Hall–Kier alpha value is -1.13. The van der Waals surface area contributed by atoms with Crippen LogP contribution in [-0.2, 0) is 11.3 Å². The quantitative estimate of drug-likeness (QED) is 0.927. The third-order valence-electron chi connectivity index (χ3n) is 3.87. The SMILES string of the molecule is CC1(C(=O)O)CCN(Cc2ccc(Cl)c(F)c2)CC1. The van der Waals surface area contributed by atoms with Crippen LogP contribution < -0.4 is 0 Å². The van der Waals surface area contributed by atoms with Gasteiger partial charge in [-0.05, 0) is 50.6 Å². The second kappa shape index (κ2) is 5.47. The standard InChI is InChI=1S/C14H17ClFNO2/c1-14(13(18)19)4-6-17(7-5-14)9-10-2-3-11(15)12(16)8-10/h2-3,8H,4-7,9H2,1H3,(H,18,19). The summed E-state index contributed by atoms with van der Waals surface area (Å²) in [7, 11) is 0. The summed E-state index contributed by atoms with van der Waals surface area (Å²) in [4.78, 5) is 13.3. The molecule has 5 heteroatoms. The van der Waals surface area contributed by atoms with Gasteiger partial charge in [0.2, 0.25) is 0 Å². The lowest BCUT2D eigenvalue weighted by Gasteiger charge is -2.36. The summed E-state index contributed by atoms with van der Waals surface area (Å²) in [5.41, 5.74) is 0.239. The molecule has 1 heterocycles. The van der Waals surface area contributed by atoms with Gasteiger partial charge < -0.3 is 5.11 Å². The third kappa shape index (κ3) is 3.25. The van der Waals surface area contributed by atoms with Gasteiger partial charge in [0.1, 0.15) is 5.82 Å². The van der Waals surface area contributed by atoms with Gasteiger partial charge >= 0.3 is 5.97 Å². The predicted molar refractivity (Wildman–Crippen MR) is 71.7 cm³/mol. The van der Waals surface area contributed by atoms with Crippen LogP contribution in [0.1, 0.15) is 25.3 Å². The number of carbonyl (C=O) groups is 1. The first kappa shape index (κ1) is 14.3. The van der Waals surface area contributed by atoms with Gasteiger partial charge in [-0.15, -0.1) is 0 Å². The molecule has 1 aliphatic heterocycles. The van der Waals surface area contributed by atoms with E-state index in [0.717, 1.165) is 5.56 Å². The average Bonchev–Trinajstić information content (AvgIpc) is 2.37. The molecule has 0 radical (unpaired) electrons. The fourth-order valence-electron chi connectivity index (χ4n) is 2.31. The van der Waals surface area contributed by atoms with E-state index < -0.39 is 17.2 Å². The number of halogens is 2. The van der Waals surface area contributed by atoms with Crippen LogP contribution in [0.25, 0.3) is 0 Å². The number of hydrogen-bond acceptors (Lipinski definition) is 2. The van der Waals surface area contributed by atoms with E-state index >= 15 is 0 Å². The lowest BCUT2D eigenvalue weighted by Crippen LogP contribution is -2.42. The predicted octanol–water partition coefficient (Wildman–Crippen LogP) is 3.17. The van der Waals surface area contributed by atoms with Gasteiger partial charge in [-0.3, -0.25) is 9.69 Å². The van der Waals surface area contributed by atoms with Crippen molar-refractivity contribution in [2.24, 2.45) is 5.41 Å². The van der Waals surface area contributed by atoms with E-state index in [1.54, 1.807) is 19.1 Å². The third-order valence-corrected chi connectivity index (χ3v) is 4.17. The molecule has 0 bridgehead atoms. The molecule has 0 aliphatic carbocycles. The molecule has 1 saturated heterocycles. The molecular weight excluding hydrogens is 269 g/mol. The molecule has 1 aromatic carbocycles. The maximum atomic E-state index is 13.3. The van der Waals surface area contributed by atoms with Crippen molar-refractivity contribution in [3.05, 3.63) is 34.6 Å². The zero-order chi connectivity index (χ0) is 14.0. The largest absolute Gasteiger partial charge is 0.481 e. The monoisotopic (exact) mass is 285 g/mol. The Bertz CT molecular complexity index is 484. The maximum absolute atomic E-state index is 13.3. The van der Waals surface area contributed by atoms with Crippen molar-refractivity contribution >= 4 is 17.6 Å². The Labute approximate surface area is 117 Å². The minimum absolute atomic E-state index is 0.126. The van der Waals surface area contributed by atoms with Gasteiger partial charge in [0.25, 0.3) is 0 Å². The van der Waals surface area contributed by atoms with Crippen LogP contribution in [-0.4, -0.2) is 29.1 Å². The van der Waals surface area contributed by atoms with E-state index in [0.29, 0.717) is 32.5 Å². The molecule has 0 unspecified atom stereocenters. The summed E-state index contributed by atoms with van der Waals surface area (Å²) in [6.45, 7) is 3.85. The number of piperidine rings is 1. The van der Waals surface area contributed by atoms with Gasteiger partial charge in [-0.1, -0.05) is 17.7 Å². The lowest BCUT2D eigenvalue weighted by atomic mass is 9.80. The second-order valence-corrected chi connectivity index (χ2v) is 5.80. The number of rotatable bonds is 3. The topological polar surface area (TPSA) is 40.5 Å². The lowest BCUT2D eigenvalue weighted by molar-refractivity contribution is -0.150. The molecule has 0 saturated carbocycles. The van der Waals surface area contributed by atoms with Crippen molar-refractivity contribution in [3.63, 3.8) is 0 Å². The molecule has 3 nitrogen and oxygen atoms in total. The van der Waals surface area contributed by atoms with Gasteiger partial charge in [-0.25, -0.2) is 4.39 Å². The van der Waals surface area contributed by atoms with E-state index in [1.165, 1.54) is 6.07 Å². The zero-order valence-corrected chi connectivity index (χ0v) is 11.6. The maximum Gasteiger partial charge on any atom is 0.309 e. The summed E-state index contributed by atoms with van der Waals surface area (Å²) in [5, 5.41) is 9.28. The zero-order valence-electron chi connectivity index (χ0n) is 10.8. The van der Waals surface area contributed by atoms with Crippen molar-refractivity contribution in [2.45, 2.75) is 26.3 Å². The number of carboxylic acid groups (broad SMARTS) is 1. The Balaban J connectivity index is 1.95. The van der Waals surface area contributed by atoms with Gasteiger partial charge in [0, 0.05) is 6.54 Å². The summed E-state index contributed by atoms with van der Waals surface area (Å²) in [5.74, 6) is -1.14. The molecule has 1 aromatic rings. The molecule has 0 atom stereocenters. The molecule has 0 spiro atoms. The normalized spacial score (nSPS) is 19.3. The highest BCUT2D eigenvalue weighted by molar-refractivity contribution is 6.30. The van der Waals surface area contributed by atoms with Crippen molar-refractivity contribution in [1.82, 2.24) is 4.90 Å². The summed E-state index contributed by atoms with van der Waals surface area (Å²) in [6.07, 6.45) is 1.25. The molecule has 104 valence electrons. The van der Waals surface area contributed by atoms with Gasteiger partial charge in [0.05, 0.1) is 10.4 Å². The number of carboxylic acids is 1. The molecular formula is C14H17ClFNO2. The van der Waals surface area contributed by atoms with E-state index in [4.69, 9.17) is 16.7 Å². The number of nitrogens with zero attached hydrogens (tertiary/aromatic N) is 1. The van der Waals surface area contributed by atoms with Crippen molar-refractivity contribution in [1.29, 1.82) is 0 Å². The molecule has 1 aliphatic rings. The molecule has 2 rings (SSSR count). The van der Waals surface area contributed by atoms with Crippen molar-refractivity contribution in [3.8, 4) is 0 Å². The van der Waals surface area contributed by atoms with Crippen LogP contribution in [0.5, 0.6) is 0 Å². The van der Waals surface area contributed by atoms with Crippen LogP contribution in [0.2, 0.25) is 5.02 Å². The smallest absolute Gasteiger partial charge is 0.309 e. The highest BCUT2D eigenvalue weighted by Crippen LogP contribution is 2.31. The minimum Gasteiger partial charge on any atom is -0.481 e. The van der Waals surface area contributed by atoms with Crippen molar-refractivity contribution in [2.75, 3.05) is 13.1 Å². The Morgan fingerprint density at radius 1 is 1.47 bits per heavy atom. The van der Waals surface area contributed by atoms with E-state index in [1.807, 2.05) is 0 Å². The summed E-state index contributed by atoms with van der Waals surface area (Å²) >= 11 is 5.64. The molecule has 1 N–H and O–H groups in total. The fraction of sp³-hybridized carbons (Fsp3) is 0.500. The van der Waals surface area contributed by atoms with Gasteiger partial charge in [0.15, 0.2) is 0 Å². The molecule has 0 aromatic heterocycles. The number of hydrogen-bond donors (Lipinski definition) is 1. The van der Waals surface area contributed by atoms with Crippen LogP contribution >= 0.6 is 11.6 Å². The first-order valence-corrected chi connectivity index (χ1v) is 6.68. The highest BCUT2D eigenvalue weighted by atomic mass is 35.5. The van der Waals surface area contributed by atoms with E-state index in [-0.39, 0.29) is 5.02 Å². The van der Waals surface area contributed by atoms with Gasteiger partial charge in [-0.2, -0.15) is 0 Å². The molecule has 0 amide bonds. The van der Waals surface area contributed by atoms with Crippen LogP contribution in [0.4, 0.5) is 4.39 Å². The van der Waals surface area contributed by atoms with Crippen LogP contribution in [0.15, 0.2) is 18.2 Å². The molecule has 1 fully saturated rings. The first-order valence-electron chi connectivity index (χ1n) is 6.30. The number of likely N-dealkylation sites (tertiary alicyclic amines) is 1. The summed E-state index contributed by atoms with van der Waals surface area (Å²) in [6, 6.07) is 4.79. The highest BCUT2D eigenvalue weighted by Gasteiger charge is 2.36. The Morgan fingerprint density at radius 3 is 2.63 bits per heavy atom. The van der Waals surface area contributed by atoms with E-state index in [2.05, 4.69) is 4.90 Å². The Kier molecular flexibility index (Phi) is 4.11. The van der Waals surface area contributed by atoms with E-state index in [9.17, 15) is 9.18 Å². The minimum atomic E-state index is -0.732. The number of benzene rings is 1. The van der Waals surface area contributed by atoms with Crippen LogP contribution in [0, 0.1) is 11.2 Å². The number of aliphatic carboxylic acids is 1. The summed E-state index contributed by atoms with van der Waals surface area (Å²) < 4.78 is 13.3. The Morgan fingerprint density at radius 2 is 2.11 bits per heavy atom. The fourth-order valence-corrected chi connectivity index (χ4v) is 2.43. The second-order valence-electron chi connectivity index (χ2n) is 5.39. The van der Waals surface area contributed by atoms with Crippen LogP contribution in [0.3, 0.4) is 0 Å². The molecule has 19 heavy (non-hydrogen) atoms.